The summed E-state index contributed by atoms with van der Waals surface area (Å²) in [5.74, 6) is 0. The third-order valence-corrected chi connectivity index (χ3v) is 12.5. The maximum atomic E-state index is 7.01. The molecule has 0 saturated heterocycles. The van der Waals surface area contributed by atoms with Crippen LogP contribution in [-0.2, 0) is 10.8 Å². The SMILES string of the molecule is CC1(C)c2ccccc2-c2c(-c3ccc(N(c4cccc5c4-c4ccccc4C5(C)C)c4cccc5c4oc4c6ccccc6ccc54)cc3)cccc21. The Morgan fingerprint density at radius 2 is 0.926 bits per heavy atom. The lowest BCUT2D eigenvalue weighted by molar-refractivity contribution is 0.660. The van der Waals surface area contributed by atoms with Gasteiger partial charge in [-0.05, 0) is 85.8 Å². The number of furan rings is 1. The Hall–Kier alpha value is -6.38. The van der Waals surface area contributed by atoms with Gasteiger partial charge in [-0.15, -0.1) is 0 Å². The Morgan fingerprint density at radius 3 is 1.69 bits per heavy atom. The van der Waals surface area contributed by atoms with Crippen molar-refractivity contribution in [3.05, 3.63) is 186 Å². The van der Waals surface area contributed by atoms with E-state index >= 15 is 0 Å². The maximum Gasteiger partial charge on any atom is 0.159 e. The first-order chi connectivity index (χ1) is 26.3. The van der Waals surface area contributed by atoms with Crippen LogP contribution in [0.2, 0.25) is 0 Å². The fraction of sp³-hybridized carbons (Fsp3) is 0.115. The molecule has 1 aromatic heterocycles. The molecule has 0 N–H and O–H groups in total. The lowest BCUT2D eigenvalue weighted by Gasteiger charge is -2.29. The molecule has 0 fully saturated rings. The fourth-order valence-corrected chi connectivity index (χ4v) is 9.80. The highest BCUT2D eigenvalue weighted by Gasteiger charge is 2.39. The second kappa shape index (κ2) is 11.1. The van der Waals surface area contributed by atoms with Crippen LogP contribution in [0.1, 0.15) is 49.9 Å². The molecule has 2 aliphatic carbocycles. The molecule has 2 nitrogen and oxygen atoms in total. The van der Waals surface area contributed by atoms with Gasteiger partial charge in [0.25, 0.3) is 0 Å². The molecular weight excluding hydrogens is 655 g/mol. The van der Waals surface area contributed by atoms with Crippen LogP contribution in [0.4, 0.5) is 17.1 Å². The van der Waals surface area contributed by atoms with Gasteiger partial charge in [-0.2, -0.15) is 0 Å². The van der Waals surface area contributed by atoms with Crippen molar-refractivity contribution < 1.29 is 4.42 Å². The van der Waals surface area contributed by atoms with Crippen molar-refractivity contribution in [1.29, 1.82) is 0 Å². The summed E-state index contributed by atoms with van der Waals surface area (Å²) < 4.78 is 7.01. The molecule has 0 aliphatic heterocycles. The van der Waals surface area contributed by atoms with E-state index in [0.29, 0.717) is 0 Å². The Bertz CT molecular complexity index is 3000. The van der Waals surface area contributed by atoms with E-state index in [1.807, 2.05) is 0 Å². The summed E-state index contributed by atoms with van der Waals surface area (Å²) >= 11 is 0. The lowest BCUT2D eigenvalue weighted by Crippen LogP contribution is -2.16. The molecule has 8 aromatic carbocycles. The third kappa shape index (κ3) is 4.17. The number of para-hydroxylation sites is 1. The van der Waals surface area contributed by atoms with Crippen LogP contribution >= 0.6 is 0 Å². The predicted molar refractivity (Wildman–Crippen MR) is 226 cm³/mol. The highest BCUT2D eigenvalue weighted by atomic mass is 16.3. The van der Waals surface area contributed by atoms with Crippen molar-refractivity contribution in [3.63, 3.8) is 0 Å². The van der Waals surface area contributed by atoms with E-state index in [1.165, 1.54) is 61.0 Å². The number of fused-ring (bicyclic) bond motifs is 11. The standard InChI is InChI=1S/C52H39NO/c1-51(2)41-20-9-7-16-39(41)47-35(18-11-22-43(47)51)33-26-29-34(30-27-33)53(45-24-13-23-44-48(45)40-17-8-10-21-42(40)52(44,3)4)46-25-12-19-37-38-31-28-32-14-5-6-15-36(32)49(38)54-50(37)46/h5-31H,1-4H3. The maximum absolute atomic E-state index is 7.01. The Morgan fingerprint density at radius 1 is 0.389 bits per heavy atom. The number of hydrogen-bond acceptors (Lipinski definition) is 2. The third-order valence-electron chi connectivity index (χ3n) is 12.5. The molecule has 0 radical (unpaired) electrons. The predicted octanol–water partition coefficient (Wildman–Crippen LogP) is 14.5. The van der Waals surface area contributed by atoms with Crippen LogP contribution in [0, 0.1) is 0 Å². The van der Waals surface area contributed by atoms with Crippen molar-refractivity contribution in [2.24, 2.45) is 0 Å². The van der Waals surface area contributed by atoms with Gasteiger partial charge in [-0.3, -0.25) is 0 Å². The lowest BCUT2D eigenvalue weighted by atomic mass is 9.82. The molecular formula is C52H39NO. The summed E-state index contributed by atoms with van der Waals surface area (Å²) in [5, 5.41) is 4.55. The number of benzene rings is 8. The van der Waals surface area contributed by atoms with E-state index in [-0.39, 0.29) is 10.8 Å². The van der Waals surface area contributed by atoms with Crippen molar-refractivity contribution >= 4 is 49.8 Å². The summed E-state index contributed by atoms with van der Waals surface area (Å²) in [6.07, 6.45) is 0. The average molecular weight is 694 g/mol. The van der Waals surface area contributed by atoms with Crippen molar-refractivity contribution in [2.45, 2.75) is 38.5 Å². The van der Waals surface area contributed by atoms with Crippen molar-refractivity contribution in [1.82, 2.24) is 0 Å². The fourth-order valence-electron chi connectivity index (χ4n) is 9.80. The van der Waals surface area contributed by atoms with Crippen LogP contribution in [0.5, 0.6) is 0 Å². The van der Waals surface area contributed by atoms with Crippen LogP contribution in [0.3, 0.4) is 0 Å². The quantitative estimate of drug-likeness (QED) is 0.182. The van der Waals surface area contributed by atoms with E-state index in [9.17, 15) is 0 Å². The Balaban J connectivity index is 1.15. The molecule has 0 amide bonds. The second-order valence-corrected chi connectivity index (χ2v) is 16.1. The van der Waals surface area contributed by atoms with Crippen molar-refractivity contribution in [2.75, 3.05) is 4.90 Å². The molecule has 2 heteroatoms. The summed E-state index contributed by atoms with van der Waals surface area (Å²) in [6, 6.07) is 60.2. The molecule has 11 rings (SSSR count). The zero-order valence-corrected chi connectivity index (χ0v) is 30.9. The smallest absolute Gasteiger partial charge is 0.159 e. The van der Waals surface area contributed by atoms with Crippen molar-refractivity contribution in [3.8, 4) is 33.4 Å². The number of anilines is 3. The van der Waals surface area contributed by atoms with Crippen LogP contribution in [-0.4, -0.2) is 0 Å². The second-order valence-electron chi connectivity index (χ2n) is 16.1. The molecule has 2 aliphatic rings. The average Bonchev–Trinajstić information content (AvgIpc) is 3.79. The summed E-state index contributed by atoms with van der Waals surface area (Å²) in [7, 11) is 0. The topological polar surface area (TPSA) is 16.4 Å². The van der Waals surface area contributed by atoms with E-state index < -0.39 is 0 Å². The molecule has 0 atom stereocenters. The first kappa shape index (κ1) is 31.2. The normalized spacial score (nSPS) is 14.6. The minimum Gasteiger partial charge on any atom is -0.453 e. The van der Waals surface area contributed by atoms with Gasteiger partial charge in [0.2, 0.25) is 0 Å². The molecule has 9 aromatic rings. The molecule has 0 spiro atoms. The van der Waals surface area contributed by atoms with Crippen LogP contribution in [0.25, 0.3) is 66.1 Å². The Labute approximate surface area is 315 Å². The molecule has 1 heterocycles. The van der Waals surface area contributed by atoms with Gasteiger partial charge in [-0.25, -0.2) is 0 Å². The minimum atomic E-state index is -0.125. The molecule has 0 unspecified atom stereocenters. The zero-order valence-electron chi connectivity index (χ0n) is 30.9. The first-order valence-electron chi connectivity index (χ1n) is 19.0. The van der Waals surface area contributed by atoms with E-state index in [4.69, 9.17) is 4.42 Å². The molecule has 0 saturated carbocycles. The van der Waals surface area contributed by atoms with E-state index in [2.05, 4.69) is 196 Å². The number of hydrogen-bond donors (Lipinski definition) is 0. The summed E-state index contributed by atoms with van der Waals surface area (Å²) in [5.41, 5.74) is 18.1. The largest absolute Gasteiger partial charge is 0.453 e. The van der Waals surface area contributed by atoms with Gasteiger partial charge in [0, 0.05) is 38.2 Å². The van der Waals surface area contributed by atoms with Crippen LogP contribution in [0.15, 0.2) is 168 Å². The van der Waals surface area contributed by atoms with E-state index in [1.54, 1.807) is 0 Å². The van der Waals surface area contributed by atoms with Crippen LogP contribution < -0.4 is 4.90 Å². The zero-order chi connectivity index (χ0) is 36.3. The highest BCUT2D eigenvalue weighted by Crippen LogP contribution is 2.56. The number of rotatable bonds is 4. The van der Waals surface area contributed by atoms with Gasteiger partial charge < -0.3 is 9.32 Å². The summed E-state index contributed by atoms with van der Waals surface area (Å²) in [4.78, 5) is 2.43. The monoisotopic (exact) mass is 693 g/mol. The van der Waals surface area contributed by atoms with Gasteiger partial charge in [0.05, 0.1) is 11.4 Å². The minimum absolute atomic E-state index is 0.0486. The van der Waals surface area contributed by atoms with Gasteiger partial charge in [0.1, 0.15) is 5.58 Å². The Kier molecular flexibility index (Phi) is 6.39. The van der Waals surface area contributed by atoms with Gasteiger partial charge in [0.15, 0.2) is 5.58 Å². The molecule has 54 heavy (non-hydrogen) atoms. The number of nitrogens with zero attached hydrogens (tertiary/aromatic N) is 1. The molecule has 258 valence electrons. The first-order valence-corrected chi connectivity index (χ1v) is 19.0. The summed E-state index contributed by atoms with van der Waals surface area (Å²) in [6.45, 7) is 9.40. The molecule has 0 bridgehead atoms. The van der Waals surface area contributed by atoms with E-state index in [0.717, 1.165) is 44.4 Å². The van der Waals surface area contributed by atoms with Gasteiger partial charge >= 0.3 is 0 Å². The van der Waals surface area contributed by atoms with Gasteiger partial charge in [-0.1, -0.05) is 161 Å². The highest BCUT2D eigenvalue weighted by molar-refractivity contribution is 6.18.